The number of hydrogen-bond acceptors (Lipinski definition) is 4. The van der Waals surface area contributed by atoms with Crippen molar-refractivity contribution in [1.29, 1.82) is 0 Å². The van der Waals surface area contributed by atoms with Crippen LogP contribution in [0.5, 0.6) is 11.5 Å². The van der Waals surface area contributed by atoms with Gasteiger partial charge >= 0.3 is 12.1 Å². The van der Waals surface area contributed by atoms with Gasteiger partial charge in [-0.2, -0.15) is 13.2 Å². The molecular formula is C22H24F3NO4. The van der Waals surface area contributed by atoms with E-state index in [1.807, 2.05) is 4.90 Å². The lowest BCUT2D eigenvalue weighted by atomic mass is 9.90. The van der Waals surface area contributed by atoms with Gasteiger partial charge in [0, 0.05) is 5.56 Å². The number of carboxylic acids is 1. The van der Waals surface area contributed by atoms with Crippen LogP contribution in [-0.4, -0.2) is 42.8 Å². The normalized spacial score (nSPS) is 18.6. The molecule has 1 saturated heterocycles. The van der Waals surface area contributed by atoms with E-state index < -0.39 is 29.8 Å². The van der Waals surface area contributed by atoms with Crippen LogP contribution in [0.2, 0.25) is 0 Å². The fourth-order valence-corrected chi connectivity index (χ4v) is 4.06. The number of methoxy groups -OCH3 is 2. The first-order valence-corrected chi connectivity index (χ1v) is 9.64. The van der Waals surface area contributed by atoms with Crippen molar-refractivity contribution in [2.45, 2.75) is 37.5 Å². The lowest BCUT2D eigenvalue weighted by molar-refractivity contribution is -0.145. The van der Waals surface area contributed by atoms with Crippen LogP contribution in [0.15, 0.2) is 42.5 Å². The number of piperidine rings is 1. The van der Waals surface area contributed by atoms with Gasteiger partial charge in [0.25, 0.3) is 0 Å². The average molecular weight is 423 g/mol. The highest BCUT2D eigenvalue weighted by Crippen LogP contribution is 2.42. The predicted molar refractivity (Wildman–Crippen MR) is 105 cm³/mol. The van der Waals surface area contributed by atoms with Crippen molar-refractivity contribution in [3.63, 3.8) is 0 Å². The molecule has 2 unspecified atom stereocenters. The van der Waals surface area contributed by atoms with Crippen molar-refractivity contribution in [3.8, 4) is 11.5 Å². The number of halogens is 3. The summed E-state index contributed by atoms with van der Waals surface area (Å²) in [5.74, 6) is -0.0520. The molecule has 1 fully saturated rings. The Morgan fingerprint density at radius 2 is 1.80 bits per heavy atom. The van der Waals surface area contributed by atoms with E-state index in [9.17, 15) is 23.1 Å². The fraction of sp³-hybridized carbons (Fsp3) is 0.409. The molecule has 0 spiro atoms. The van der Waals surface area contributed by atoms with E-state index >= 15 is 0 Å². The smallest absolute Gasteiger partial charge is 0.416 e. The number of nitrogens with zero attached hydrogens (tertiary/aromatic N) is 1. The van der Waals surface area contributed by atoms with Gasteiger partial charge in [-0.1, -0.05) is 30.7 Å². The van der Waals surface area contributed by atoms with Crippen LogP contribution >= 0.6 is 0 Å². The minimum atomic E-state index is -4.45. The lowest BCUT2D eigenvalue weighted by Crippen LogP contribution is -2.46. The van der Waals surface area contributed by atoms with E-state index in [0.29, 0.717) is 35.6 Å². The molecule has 1 heterocycles. The van der Waals surface area contributed by atoms with Crippen molar-refractivity contribution >= 4 is 5.97 Å². The highest BCUT2D eigenvalue weighted by Gasteiger charge is 2.37. The number of carboxylic acid groups (broad SMARTS) is 1. The van der Waals surface area contributed by atoms with Crippen LogP contribution in [0.25, 0.3) is 0 Å². The number of aliphatic carboxylic acids is 1. The van der Waals surface area contributed by atoms with E-state index in [4.69, 9.17) is 9.47 Å². The maximum atomic E-state index is 13.1. The summed E-state index contributed by atoms with van der Waals surface area (Å²) in [7, 11) is 2.98. The zero-order chi connectivity index (χ0) is 21.9. The van der Waals surface area contributed by atoms with Gasteiger partial charge in [0.2, 0.25) is 0 Å². The fourth-order valence-electron chi connectivity index (χ4n) is 4.06. The molecule has 3 rings (SSSR count). The van der Waals surface area contributed by atoms with Gasteiger partial charge in [0.1, 0.15) is 6.04 Å². The lowest BCUT2D eigenvalue weighted by Gasteiger charge is -2.40. The van der Waals surface area contributed by atoms with E-state index in [1.54, 1.807) is 18.2 Å². The van der Waals surface area contributed by atoms with Gasteiger partial charge in [0.05, 0.1) is 25.8 Å². The van der Waals surface area contributed by atoms with Gasteiger partial charge in [-0.3, -0.25) is 9.69 Å². The van der Waals surface area contributed by atoms with E-state index in [0.717, 1.165) is 25.0 Å². The molecule has 0 aliphatic carbocycles. The molecule has 5 nitrogen and oxygen atoms in total. The van der Waals surface area contributed by atoms with Crippen molar-refractivity contribution in [1.82, 2.24) is 4.90 Å². The number of rotatable bonds is 6. The first-order chi connectivity index (χ1) is 14.3. The Morgan fingerprint density at radius 3 is 2.37 bits per heavy atom. The minimum Gasteiger partial charge on any atom is -0.493 e. The van der Waals surface area contributed by atoms with Gasteiger partial charge in [-0.25, -0.2) is 0 Å². The summed E-state index contributed by atoms with van der Waals surface area (Å²) in [6, 6.07) is 8.77. The van der Waals surface area contributed by atoms with Gasteiger partial charge in [-0.15, -0.1) is 0 Å². The molecule has 1 aliphatic rings. The standard InChI is InChI=1S/C22H24F3NO4/c1-29-18-8-5-6-16(20(18)30-2)19(26-13-4-3-7-17(26)21(27)28)14-9-11-15(12-10-14)22(23,24)25/h5-6,8-12,17,19H,3-4,7,13H2,1-2H3,(H,27,28). The third-order valence-corrected chi connectivity index (χ3v) is 5.44. The second-order valence-corrected chi connectivity index (χ2v) is 7.19. The molecule has 1 N–H and O–H groups in total. The van der Waals surface area contributed by atoms with Crippen molar-refractivity contribution in [2.24, 2.45) is 0 Å². The van der Waals surface area contributed by atoms with Crippen LogP contribution in [0, 0.1) is 0 Å². The Kier molecular flexibility index (Phi) is 6.55. The molecule has 2 aromatic carbocycles. The molecule has 0 amide bonds. The minimum absolute atomic E-state index is 0.430. The Hall–Kier alpha value is -2.74. The molecule has 30 heavy (non-hydrogen) atoms. The second kappa shape index (κ2) is 8.95. The van der Waals surface area contributed by atoms with Crippen LogP contribution in [0.3, 0.4) is 0 Å². The van der Waals surface area contributed by atoms with E-state index in [-0.39, 0.29) is 0 Å². The number of ether oxygens (including phenoxy) is 2. The highest BCUT2D eigenvalue weighted by molar-refractivity contribution is 5.74. The molecule has 8 heteroatoms. The largest absolute Gasteiger partial charge is 0.493 e. The summed E-state index contributed by atoms with van der Waals surface area (Å²) in [4.78, 5) is 13.8. The molecule has 2 atom stereocenters. The predicted octanol–water partition coefficient (Wildman–Crippen LogP) is 4.75. The molecule has 162 valence electrons. The average Bonchev–Trinajstić information content (AvgIpc) is 2.73. The van der Waals surface area contributed by atoms with Crippen LogP contribution < -0.4 is 9.47 Å². The Balaban J connectivity index is 2.16. The van der Waals surface area contributed by atoms with Crippen molar-refractivity contribution < 1.29 is 32.5 Å². The molecular weight excluding hydrogens is 399 g/mol. The first kappa shape index (κ1) is 22.0. The summed E-state index contributed by atoms with van der Waals surface area (Å²) < 4.78 is 50.1. The number of para-hydroxylation sites is 1. The van der Waals surface area contributed by atoms with E-state index in [2.05, 4.69) is 0 Å². The monoisotopic (exact) mass is 423 g/mol. The first-order valence-electron chi connectivity index (χ1n) is 9.64. The van der Waals surface area contributed by atoms with Gasteiger partial charge in [-0.05, 0) is 43.1 Å². The van der Waals surface area contributed by atoms with Crippen LogP contribution in [0.1, 0.15) is 42.0 Å². The summed E-state index contributed by atoms with van der Waals surface area (Å²) in [6.45, 7) is 0.503. The third kappa shape index (κ3) is 4.38. The zero-order valence-corrected chi connectivity index (χ0v) is 16.8. The molecule has 2 aromatic rings. The quantitative estimate of drug-likeness (QED) is 0.727. The molecule has 0 aromatic heterocycles. The van der Waals surface area contributed by atoms with Gasteiger partial charge in [0.15, 0.2) is 11.5 Å². The second-order valence-electron chi connectivity index (χ2n) is 7.19. The number of likely N-dealkylation sites (tertiary alicyclic amines) is 1. The number of hydrogen-bond donors (Lipinski definition) is 1. The van der Waals surface area contributed by atoms with Gasteiger partial charge < -0.3 is 14.6 Å². The summed E-state index contributed by atoms with van der Waals surface area (Å²) in [6.07, 6.45) is -2.40. The zero-order valence-electron chi connectivity index (χ0n) is 16.8. The number of benzene rings is 2. The van der Waals surface area contributed by atoms with Crippen LogP contribution in [0.4, 0.5) is 13.2 Å². The van der Waals surface area contributed by atoms with Crippen molar-refractivity contribution in [2.75, 3.05) is 20.8 Å². The van der Waals surface area contributed by atoms with Crippen LogP contribution in [-0.2, 0) is 11.0 Å². The maximum Gasteiger partial charge on any atom is 0.416 e. The van der Waals surface area contributed by atoms with E-state index in [1.165, 1.54) is 26.4 Å². The topological polar surface area (TPSA) is 59.0 Å². The van der Waals surface area contributed by atoms with Crippen molar-refractivity contribution in [3.05, 3.63) is 59.2 Å². The SMILES string of the molecule is COc1cccc(C(c2ccc(C(F)(F)F)cc2)N2CCCCC2C(=O)O)c1OC. The molecule has 1 aliphatic heterocycles. The third-order valence-electron chi connectivity index (χ3n) is 5.44. The summed E-state index contributed by atoms with van der Waals surface area (Å²) in [5.41, 5.74) is 0.448. The molecule has 0 saturated carbocycles. The molecule has 0 radical (unpaired) electrons. The number of alkyl halides is 3. The highest BCUT2D eigenvalue weighted by atomic mass is 19.4. The number of carbonyl (C=O) groups is 1. The summed E-state index contributed by atoms with van der Waals surface area (Å²) >= 11 is 0. The maximum absolute atomic E-state index is 13.1. The molecule has 0 bridgehead atoms. The Morgan fingerprint density at radius 1 is 1.10 bits per heavy atom. The summed E-state index contributed by atoms with van der Waals surface area (Å²) in [5, 5.41) is 9.78. The Bertz CT molecular complexity index is 883. The Labute approximate surface area is 173 Å².